The number of hydrogen-bond donors (Lipinski definition) is 2. The molecule has 1 amide bonds. The smallest absolute Gasteiger partial charge is 0.248 e. The van der Waals surface area contributed by atoms with Crippen molar-refractivity contribution in [3.05, 3.63) is 23.8 Å². The normalized spacial score (nSPS) is 14.8. The number of amides is 1. The lowest BCUT2D eigenvalue weighted by molar-refractivity contribution is 0.100. The van der Waals surface area contributed by atoms with Gasteiger partial charge in [-0.3, -0.25) is 4.79 Å². The number of nitrogen functional groups attached to an aromatic ring is 1. The number of nitrogens with two attached hydrogens (primary N) is 2. The second-order valence-corrected chi connectivity index (χ2v) is 5.42. The van der Waals surface area contributed by atoms with E-state index in [9.17, 15) is 4.79 Å². The average Bonchev–Trinajstić information content (AvgIpc) is 3.09. The van der Waals surface area contributed by atoms with E-state index in [-0.39, 0.29) is 0 Å². The van der Waals surface area contributed by atoms with E-state index >= 15 is 0 Å². The predicted octanol–water partition coefficient (Wildman–Crippen LogP) is 1.99. The molecule has 4 N–H and O–H groups in total. The molecule has 0 unspecified atom stereocenters. The SMILES string of the molecule is CC(C)CN(c1ccc(C(N)=O)cc1N)C1CC1. The molecule has 1 aliphatic carbocycles. The average molecular weight is 247 g/mol. The van der Waals surface area contributed by atoms with Gasteiger partial charge in [0.25, 0.3) is 0 Å². The van der Waals surface area contributed by atoms with Crippen molar-refractivity contribution in [3.8, 4) is 0 Å². The Hall–Kier alpha value is -1.71. The monoisotopic (exact) mass is 247 g/mol. The summed E-state index contributed by atoms with van der Waals surface area (Å²) in [5.74, 6) is 0.149. The van der Waals surface area contributed by atoms with Crippen LogP contribution in [-0.2, 0) is 0 Å². The lowest BCUT2D eigenvalue weighted by Gasteiger charge is -2.28. The van der Waals surface area contributed by atoms with Crippen LogP contribution < -0.4 is 16.4 Å². The first kappa shape index (κ1) is 12.7. The minimum atomic E-state index is -0.435. The molecule has 0 spiro atoms. The van der Waals surface area contributed by atoms with Crippen LogP contribution in [0.4, 0.5) is 11.4 Å². The number of carbonyl (C=O) groups is 1. The molecule has 0 heterocycles. The van der Waals surface area contributed by atoms with Crippen molar-refractivity contribution in [2.24, 2.45) is 11.7 Å². The quantitative estimate of drug-likeness (QED) is 0.782. The van der Waals surface area contributed by atoms with Gasteiger partial charge in [-0.2, -0.15) is 0 Å². The summed E-state index contributed by atoms with van der Waals surface area (Å²) in [4.78, 5) is 13.5. The molecule has 98 valence electrons. The van der Waals surface area contributed by atoms with Gasteiger partial charge in [-0.15, -0.1) is 0 Å². The molecule has 4 heteroatoms. The van der Waals surface area contributed by atoms with Crippen molar-refractivity contribution in [3.63, 3.8) is 0 Å². The Morgan fingerprint density at radius 3 is 2.56 bits per heavy atom. The maximum absolute atomic E-state index is 11.1. The third-order valence-corrected chi connectivity index (χ3v) is 3.17. The first-order valence-corrected chi connectivity index (χ1v) is 6.45. The maximum Gasteiger partial charge on any atom is 0.248 e. The topological polar surface area (TPSA) is 72.3 Å². The van der Waals surface area contributed by atoms with Crippen LogP contribution in [0.3, 0.4) is 0 Å². The fourth-order valence-electron chi connectivity index (χ4n) is 2.19. The van der Waals surface area contributed by atoms with Gasteiger partial charge >= 0.3 is 0 Å². The van der Waals surface area contributed by atoms with E-state index in [4.69, 9.17) is 11.5 Å². The first-order chi connectivity index (χ1) is 8.49. The number of primary amides is 1. The van der Waals surface area contributed by atoms with E-state index in [0.717, 1.165) is 12.2 Å². The molecule has 0 atom stereocenters. The summed E-state index contributed by atoms with van der Waals surface area (Å²) in [5, 5.41) is 0. The highest BCUT2D eigenvalue weighted by molar-refractivity contribution is 5.95. The first-order valence-electron chi connectivity index (χ1n) is 6.45. The molecule has 0 saturated heterocycles. The summed E-state index contributed by atoms with van der Waals surface area (Å²) in [6.45, 7) is 5.39. The molecule has 2 rings (SSSR count). The minimum absolute atomic E-state index is 0.435. The highest BCUT2D eigenvalue weighted by atomic mass is 16.1. The van der Waals surface area contributed by atoms with Crippen LogP contribution in [0.2, 0.25) is 0 Å². The minimum Gasteiger partial charge on any atom is -0.397 e. The largest absolute Gasteiger partial charge is 0.397 e. The van der Waals surface area contributed by atoms with Gasteiger partial charge in [-0.25, -0.2) is 0 Å². The van der Waals surface area contributed by atoms with Crippen LogP contribution in [0.5, 0.6) is 0 Å². The second kappa shape index (κ2) is 4.88. The van der Waals surface area contributed by atoms with Gasteiger partial charge in [0, 0.05) is 18.2 Å². The van der Waals surface area contributed by atoms with Gasteiger partial charge in [0.05, 0.1) is 11.4 Å². The number of rotatable bonds is 5. The Morgan fingerprint density at radius 2 is 2.11 bits per heavy atom. The molecule has 1 saturated carbocycles. The molecule has 0 aliphatic heterocycles. The number of anilines is 2. The summed E-state index contributed by atoms with van der Waals surface area (Å²) in [5.41, 5.74) is 13.4. The Bertz CT molecular complexity index is 452. The van der Waals surface area contributed by atoms with Crippen LogP contribution in [0, 0.1) is 5.92 Å². The van der Waals surface area contributed by atoms with Gasteiger partial charge in [0.2, 0.25) is 5.91 Å². The zero-order valence-corrected chi connectivity index (χ0v) is 11.0. The molecule has 18 heavy (non-hydrogen) atoms. The van der Waals surface area contributed by atoms with Crippen LogP contribution in [0.25, 0.3) is 0 Å². The molecule has 1 aromatic rings. The van der Waals surface area contributed by atoms with Gasteiger partial charge in [0.1, 0.15) is 0 Å². The van der Waals surface area contributed by atoms with Gasteiger partial charge < -0.3 is 16.4 Å². The standard InChI is InChI=1S/C14H21N3O/c1-9(2)8-17(11-4-5-11)13-6-3-10(14(16)18)7-12(13)15/h3,6-7,9,11H,4-5,8,15H2,1-2H3,(H2,16,18). The zero-order chi connectivity index (χ0) is 13.3. The van der Waals surface area contributed by atoms with E-state index in [0.29, 0.717) is 23.2 Å². The third kappa shape index (κ3) is 2.75. The number of hydrogen-bond acceptors (Lipinski definition) is 3. The van der Waals surface area contributed by atoms with E-state index in [1.165, 1.54) is 12.8 Å². The highest BCUT2D eigenvalue weighted by Gasteiger charge is 2.30. The van der Waals surface area contributed by atoms with E-state index < -0.39 is 5.91 Å². The van der Waals surface area contributed by atoms with E-state index in [1.807, 2.05) is 6.07 Å². The summed E-state index contributed by atoms with van der Waals surface area (Å²) < 4.78 is 0. The van der Waals surface area contributed by atoms with Gasteiger partial charge in [-0.05, 0) is 37.0 Å². The Morgan fingerprint density at radius 1 is 1.44 bits per heavy atom. The zero-order valence-electron chi connectivity index (χ0n) is 11.0. The van der Waals surface area contributed by atoms with E-state index in [2.05, 4.69) is 18.7 Å². The van der Waals surface area contributed by atoms with Crippen molar-refractivity contribution in [2.45, 2.75) is 32.7 Å². The molecular weight excluding hydrogens is 226 g/mol. The number of benzene rings is 1. The Labute approximate surface area is 108 Å². The van der Waals surface area contributed by atoms with Crippen LogP contribution in [0.1, 0.15) is 37.0 Å². The van der Waals surface area contributed by atoms with Gasteiger partial charge in [-0.1, -0.05) is 13.8 Å². The lowest BCUT2D eigenvalue weighted by Crippen LogP contribution is -2.30. The molecule has 4 nitrogen and oxygen atoms in total. The van der Waals surface area contributed by atoms with Gasteiger partial charge in [0.15, 0.2) is 0 Å². The van der Waals surface area contributed by atoms with Crippen LogP contribution in [0.15, 0.2) is 18.2 Å². The van der Waals surface area contributed by atoms with Crippen molar-refractivity contribution in [1.82, 2.24) is 0 Å². The number of carbonyl (C=O) groups excluding carboxylic acids is 1. The lowest BCUT2D eigenvalue weighted by atomic mass is 10.1. The maximum atomic E-state index is 11.1. The Balaban J connectivity index is 2.27. The molecule has 1 fully saturated rings. The Kier molecular flexibility index (Phi) is 3.45. The van der Waals surface area contributed by atoms with Crippen molar-refractivity contribution in [2.75, 3.05) is 17.2 Å². The number of nitrogens with zero attached hydrogens (tertiary/aromatic N) is 1. The fourth-order valence-corrected chi connectivity index (χ4v) is 2.19. The summed E-state index contributed by atoms with van der Waals surface area (Å²) in [6, 6.07) is 5.95. The third-order valence-electron chi connectivity index (χ3n) is 3.17. The molecule has 0 aromatic heterocycles. The van der Waals surface area contributed by atoms with Crippen molar-refractivity contribution in [1.29, 1.82) is 0 Å². The second-order valence-electron chi connectivity index (χ2n) is 5.42. The molecule has 1 aliphatic rings. The van der Waals surface area contributed by atoms with Crippen LogP contribution in [-0.4, -0.2) is 18.5 Å². The summed E-state index contributed by atoms with van der Waals surface area (Å²) >= 11 is 0. The summed E-state index contributed by atoms with van der Waals surface area (Å²) in [7, 11) is 0. The summed E-state index contributed by atoms with van der Waals surface area (Å²) in [6.07, 6.45) is 2.45. The highest BCUT2D eigenvalue weighted by Crippen LogP contribution is 2.35. The van der Waals surface area contributed by atoms with Crippen LogP contribution >= 0.6 is 0 Å². The van der Waals surface area contributed by atoms with Crippen molar-refractivity contribution < 1.29 is 4.79 Å². The molecule has 1 aromatic carbocycles. The molecule has 0 bridgehead atoms. The predicted molar refractivity (Wildman–Crippen MR) is 74.6 cm³/mol. The van der Waals surface area contributed by atoms with Crippen molar-refractivity contribution >= 4 is 17.3 Å². The molecular formula is C14H21N3O. The van der Waals surface area contributed by atoms with E-state index in [1.54, 1.807) is 12.1 Å². The molecule has 0 radical (unpaired) electrons. The fraction of sp³-hybridized carbons (Fsp3) is 0.500.